The van der Waals surface area contributed by atoms with Gasteiger partial charge in [-0.05, 0) is 13.3 Å². The zero-order valence-electron chi connectivity index (χ0n) is 9.42. The largest absolute Gasteiger partial charge is 0.435 e. The van der Waals surface area contributed by atoms with Gasteiger partial charge in [-0.25, -0.2) is 0 Å². The van der Waals surface area contributed by atoms with Gasteiger partial charge < -0.3 is 4.74 Å². The van der Waals surface area contributed by atoms with Crippen LogP contribution in [0.5, 0.6) is 0 Å². The Bertz CT molecular complexity index is 162. The molecule has 0 saturated carbocycles. The monoisotopic (exact) mass is 198 g/mol. The molecule has 0 rings (SSSR count). The second-order valence-corrected chi connectivity index (χ2v) is 3.48. The Morgan fingerprint density at radius 1 is 1.14 bits per heavy atom. The molecule has 0 N–H and O–H groups in total. The van der Waals surface area contributed by atoms with E-state index in [1.807, 2.05) is 6.92 Å². The molecule has 0 radical (unpaired) electrons. The third-order valence-electron chi connectivity index (χ3n) is 2.07. The second-order valence-electron chi connectivity index (χ2n) is 3.48. The van der Waals surface area contributed by atoms with Gasteiger partial charge in [-0.1, -0.05) is 45.1 Å². The molecular weight excluding hydrogens is 176 g/mol. The van der Waals surface area contributed by atoms with Crippen molar-refractivity contribution in [3.63, 3.8) is 0 Å². The van der Waals surface area contributed by atoms with Gasteiger partial charge in [0.15, 0.2) is 0 Å². The maximum absolute atomic E-state index is 11.0. The van der Waals surface area contributed by atoms with Gasteiger partial charge in [-0.2, -0.15) is 0 Å². The minimum Gasteiger partial charge on any atom is -0.435 e. The molecule has 0 bridgehead atoms. The predicted octanol–water partition coefficient (Wildman–Crippen LogP) is 3.81. The number of carbonyl (C=O) groups excluding carboxylic acids is 1. The summed E-state index contributed by atoms with van der Waals surface area (Å²) in [5.41, 5.74) is 0. The summed E-state index contributed by atoms with van der Waals surface area (Å²) in [6.07, 6.45) is 10.9. The fraction of sp³-hybridized carbons (Fsp3) is 0.750. The van der Waals surface area contributed by atoms with E-state index in [1.54, 1.807) is 6.08 Å². The summed E-state index contributed by atoms with van der Waals surface area (Å²) in [4.78, 5) is 11.0. The molecule has 0 aliphatic carbocycles. The number of allylic oxidation sites excluding steroid dienone is 1. The lowest BCUT2D eigenvalue weighted by atomic mass is 10.1. The summed E-state index contributed by atoms with van der Waals surface area (Å²) in [6.45, 7) is 4.03. The Kier molecular flexibility index (Phi) is 9.71. The Hall–Kier alpha value is -0.790. The number of rotatable bonds is 8. The van der Waals surface area contributed by atoms with Gasteiger partial charge in [0.2, 0.25) is 0 Å². The standard InChI is InChI=1S/C12H22O2/c1-3-5-6-7-8-9-10-12(13)14-11-4-2/h4,11H,3,5-10H2,1-2H3/b11-4+. The van der Waals surface area contributed by atoms with E-state index in [-0.39, 0.29) is 5.97 Å². The van der Waals surface area contributed by atoms with Gasteiger partial charge in [0.25, 0.3) is 0 Å². The summed E-state index contributed by atoms with van der Waals surface area (Å²) >= 11 is 0. The minimum atomic E-state index is -0.112. The number of esters is 1. The molecule has 0 aromatic rings. The van der Waals surface area contributed by atoms with Crippen LogP contribution >= 0.6 is 0 Å². The van der Waals surface area contributed by atoms with Gasteiger partial charge >= 0.3 is 5.97 Å². The summed E-state index contributed by atoms with van der Waals surface area (Å²) in [5, 5.41) is 0. The Morgan fingerprint density at radius 3 is 2.43 bits per heavy atom. The van der Waals surface area contributed by atoms with Crippen LogP contribution in [0.4, 0.5) is 0 Å². The van der Waals surface area contributed by atoms with Crippen LogP contribution in [0.3, 0.4) is 0 Å². The van der Waals surface area contributed by atoms with Crippen molar-refractivity contribution in [1.29, 1.82) is 0 Å². The highest BCUT2D eigenvalue weighted by atomic mass is 16.5. The first-order valence-electron chi connectivity index (χ1n) is 5.62. The molecule has 0 aromatic heterocycles. The molecule has 82 valence electrons. The van der Waals surface area contributed by atoms with E-state index in [0.717, 1.165) is 12.8 Å². The van der Waals surface area contributed by atoms with E-state index < -0.39 is 0 Å². The molecule has 0 aliphatic heterocycles. The quantitative estimate of drug-likeness (QED) is 0.337. The van der Waals surface area contributed by atoms with Crippen LogP contribution in [0.25, 0.3) is 0 Å². The van der Waals surface area contributed by atoms with Crippen molar-refractivity contribution in [2.75, 3.05) is 0 Å². The average Bonchev–Trinajstić information content (AvgIpc) is 2.20. The van der Waals surface area contributed by atoms with Crippen LogP contribution in [0.15, 0.2) is 12.3 Å². The maximum Gasteiger partial charge on any atom is 0.310 e. The van der Waals surface area contributed by atoms with Gasteiger partial charge in [0.05, 0.1) is 6.26 Å². The highest BCUT2D eigenvalue weighted by Crippen LogP contribution is 2.07. The summed E-state index contributed by atoms with van der Waals surface area (Å²) in [5.74, 6) is -0.112. The first kappa shape index (κ1) is 13.2. The van der Waals surface area contributed by atoms with E-state index >= 15 is 0 Å². The van der Waals surface area contributed by atoms with E-state index in [4.69, 9.17) is 4.74 Å². The summed E-state index contributed by atoms with van der Waals surface area (Å²) in [6, 6.07) is 0. The van der Waals surface area contributed by atoms with Crippen LogP contribution in [0.1, 0.15) is 58.8 Å². The topological polar surface area (TPSA) is 26.3 Å². The van der Waals surface area contributed by atoms with Crippen LogP contribution < -0.4 is 0 Å². The molecule has 2 nitrogen and oxygen atoms in total. The molecule has 14 heavy (non-hydrogen) atoms. The molecule has 0 heterocycles. The van der Waals surface area contributed by atoms with E-state index in [0.29, 0.717) is 6.42 Å². The van der Waals surface area contributed by atoms with Gasteiger partial charge in [-0.15, -0.1) is 0 Å². The zero-order chi connectivity index (χ0) is 10.6. The molecule has 0 aliphatic rings. The number of hydrogen-bond donors (Lipinski definition) is 0. The van der Waals surface area contributed by atoms with Gasteiger partial charge in [0.1, 0.15) is 0 Å². The van der Waals surface area contributed by atoms with Gasteiger partial charge in [-0.3, -0.25) is 4.79 Å². The Morgan fingerprint density at radius 2 is 1.79 bits per heavy atom. The number of unbranched alkanes of at least 4 members (excludes halogenated alkanes) is 5. The molecular formula is C12H22O2. The van der Waals surface area contributed by atoms with Crippen molar-refractivity contribution in [3.8, 4) is 0 Å². The van der Waals surface area contributed by atoms with Crippen LogP contribution in [-0.4, -0.2) is 5.97 Å². The van der Waals surface area contributed by atoms with Crippen molar-refractivity contribution >= 4 is 5.97 Å². The first-order valence-corrected chi connectivity index (χ1v) is 5.62. The molecule has 0 aromatic carbocycles. The molecule has 0 fully saturated rings. The summed E-state index contributed by atoms with van der Waals surface area (Å²) < 4.78 is 4.80. The molecule has 0 amide bonds. The highest BCUT2D eigenvalue weighted by Gasteiger charge is 1.99. The molecule has 0 unspecified atom stereocenters. The summed E-state index contributed by atoms with van der Waals surface area (Å²) in [7, 11) is 0. The number of ether oxygens (including phenoxy) is 1. The van der Waals surface area contributed by atoms with Crippen molar-refractivity contribution in [2.24, 2.45) is 0 Å². The minimum absolute atomic E-state index is 0.112. The highest BCUT2D eigenvalue weighted by molar-refractivity contribution is 5.69. The maximum atomic E-state index is 11.0. The number of hydrogen-bond acceptors (Lipinski definition) is 2. The zero-order valence-corrected chi connectivity index (χ0v) is 9.42. The molecule has 0 saturated heterocycles. The van der Waals surface area contributed by atoms with Crippen LogP contribution in [-0.2, 0) is 9.53 Å². The molecule has 2 heteroatoms. The lowest BCUT2D eigenvalue weighted by Gasteiger charge is -2.00. The van der Waals surface area contributed by atoms with E-state index in [1.165, 1.54) is 31.9 Å². The lowest BCUT2D eigenvalue weighted by Crippen LogP contribution is -1.98. The average molecular weight is 198 g/mol. The normalized spacial score (nSPS) is 10.7. The lowest BCUT2D eigenvalue weighted by molar-refractivity contribution is -0.138. The third-order valence-corrected chi connectivity index (χ3v) is 2.07. The molecule has 0 atom stereocenters. The molecule has 0 spiro atoms. The Balaban J connectivity index is 3.15. The fourth-order valence-electron chi connectivity index (χ4n) is 1.25. The first-order chi connectivity index (χ1) is 6.81. The van der Waals surface area contributed by atoms with E-state index in [2.05, 4.69) is 6.92 Å². The van der Waals surface area contributed by atoms with Crippen LogP contribution in [0.2, 0.25) is 0 Å². The smallest absolute Gasteiger partial charge is 0.310 e. The second kappa shape index (κ2) is 10.3. The SMILES string of the molecule is C/C=C/OC(=O)CCCCCCCC. The van der Waals surface area contributed by atoms with Crippen LogP contribution in [0, 0.1) is 0 Å². The van der Waals surface area contributed by atoms with Crippen molar-refractivity contribution in [2.45, 2.75) is 58.8 Å². The fourth-order valence-corrected chi connectivity index (χ4v) is 1.25. The third kappa shape index (κ3) is 9.30. The van der Waals surface area contributed by atoms with Crippen molar-refractivity contribution < 1.29 is 9.53 Å². The number of carbonyl (C=O) groups is 1. The van der Waals surface area contributed by atoms with E-state index in [9.17, 15) is 4.79 Å². The van der Waals surface area contributed by atoms with Gasteiger partial charge in [0, 0.05) is 6.42 Å². The predicted molar refractivity (Wildman–Crippen MR) is 58.9 cm³/mol. The van der Waals surface area contributed by atoms with Crippen molar-refractivity contribution in [1.82, 2.24) is 0 Å². The van der Waals surface area contributed by atoms with Crippen molar-refractivity contribution in [3.05, 3.63) is 12.3 Å². The Labute approximate surface area is 87.3 Å².